The van der Waals surface area contributed by atoms with Gasteiger partial charge in [-0.1, -0.05) is 40.0 Å². The second-order valence-corrected chi connectivity index (χ2v) is 10.9. The quantitative estimate of drug-likeness (QED) is 0.466. The fourth-order valence-corrected chi connectivity index (χ4v) is 8.16. The molecule has 0 aliphatic rings. The van der Waals surface area contributed by atoms with Crippen LogP contribution in [0.4, 0.5) is 5.69 Å². The summed E-state index contributed by atoms with van der Waals surface area (Å²) < 4.78 is 0. The first-order valence-corrected chi connectivity index (χ1v) is 11.6. The van der Waals surface area contributed by atoms with E-state index in [9.17, 15) is 0 Å². The van der Waals surface area contributed by atoms with Crippen LogP contribution in [0.25, 0.3) is 0 Å². The Labute approximate surface area is 139 Å². The minimum absolute atomic E-state index is 0.967. The minimum Gasteiger partial charge on any atom is -0.378 e. The monoisotopic (exact) mass is 322 g/mol. The lowest BCUT2D eigenvalue weighted by Gasteiger charge is -2.28. The third-order valence-corrected chi connectivity index (χ3v) is 9.64. The van der Waals surface area contributed by atoms with Gasteiger partial charge < -0.3 is 4.90 Å². The van der Waals surface area contributed by atoms with Crippen molar-refractivity contribution in [2.45, 2.75) is 59.3 Å². The van der Waals surface area contributed by atoms with Gasteiger partial charge in [-0.15, -0.1) is 0 Å². The molecule has 1 aromatic carbocycles. The maximum absolute atomic E-state index is 2.45. The van der Waals surface area contributed by atoms with Crippen molar-refractivity contribution < 1.29 is 0 Å². The normalized spacial score (nSPS) is 11.7. The first kappa shape index (κ1) is 19.5. The molecule has 0 radical (unpaired) electrons. The van der Waals surface area contributed by atoms with E-state index >= 15 is 0 Å². The first-order valence-electron chi connectivity index (χ1n) is 9.23. The Hall–Kier alpha value is -0.550. The molecule has 22 heavy (non-hydrogen) atoms. The molecule has 0 aromatic heterocycles. The summed E-state index contributed by atoms with van der Waals surface area (Å²) in [6.45, 7) is 7.01. The molecule has 0 atom stereocenters. The average molecular weight is 322 g/mol. The van der Waals surface area contributed by atoms with Crippen molar-refractivity contribution in [3.63, 3.8) is 0 Å². The molecule has 0 amide bonds. The molecular formula is C20H37NP+. The zero-order valence-corrected chi connectivity index (χ0v) is 16.5. The van der Waals surface area contributed by atoms with Crippen LogP contribution in [0, 0.1) is 0 Å². The van der Waals surface area contributed by atoms with Crippen LogP contribution in [0.2, 0.25) is 0 Å². The molecular weight excluding hydrogens is 285 g/mol. The highest BCUT2D eigenvalue weighted by molar-refractivity contribution is 7.82. The molecule has 0 fully saturated rings. The second kappa shape index (κ2) is 10.3. The standard InChI is InChI=1S/C20H37NP/c1-6-9-16-22(17-10-7-2,18-11-8-3)20-14-12-19(13-15-20)21(4)5/h12-15H,6-11,16-18H2,1-5H3/q+1. The highest BCUT2D eigenvalue weighted by atomic mass is 31.2. The Kier molecular flexibility index (Phi) is 9.10. The van der Waals surface area contributed by atoms with Crippen LogP contribution in [0.1, 0.15) is 59.3 Å². The summed E-state index contributed by atoms with van der Waals surface area (Å²) in [5.41, 5.74) is 1.32. The van der Waals surface area contributed by atoms with Crippen LogP contribution >= 0.6 is 7.26 Å². The number of anilines is 1. The summed E-state index contributed by atoms with van der Waals surface area (Å²) in [5, 5.41) is 1.69. The van der Waals surface area contributed by atoms with Gasteiger partial charge in [0.15, 0.2) is 0 Å². The van der Waals surface area contributed by atoms with Crippen molar-refractivity contribution in [3.05, 3.63) is 24.3 Å². The predicted molar refractivity (Wildman–Crippen MR) is 107 cm³/mol. The van der Waals surface area contributed by atoms with Crippen molar-refractivity contribution in [1.82, 2.24) is 0 Å². The van der Waals surface area contributed by atoms with Gasteiger partial charge in [0.25, 0.3) is 0 Å². The van der Waals surface area contributed by atoms with E-state index in [-0.39, 0.29) is 0 Å². The van der Waals surface area contributed by atoms with Crippen molar-refractivity contribution >= 4 is 18.3 Å². The van der Waals surface area contributed by atoms with Crippen LogP contribution in [-0.4, -0.2) is 32.6 Å². The van der Waals surface area contributed by atoms with Crippen molar-refractivity contribution in [3.8, 4) is 0 Å². The smallest absolute Gasteiger partial charge is 0.0940 e. The van der Waals surface area contributed by atoms with E-state index in [4.69, 9.17) is 0 Å². The average Bonchev–Trinajstić information content (AvgIpc) is 2.54. The fraction of sp³-hybridized carbons (Fsp3) is 0.700. The molecule has 0 spiro atoms. The second-order valence-electron chi connectivity index (χ2n) is 6.79. The van der Waals surface area contributed by atoms with Crippen LogP contribution in [0.3, 0.4) is 0 Å². The number of hydrogen-bond donors (Lipinski definition) is 0. The molecule has 1 nitrogen and oxygen atoms in total. The number of unbranched alkanes of at least 4 members (excludes halogenated alkanes) is 3. The Balaban J connectivity index is 3.07. The summed E-state index contributed by atoms with van der Waals surface area (Å²) in [6, 6.07) is 9.55. The zero-order chi connectivity index (χ0) is 16.4. The molecule has 126 valence electrons. The number of nitrogens with zero attached hydrogens (tertiary/aromatic N) is 1. The molecule has 2 heteroatoms. The summed E-state index contributed by atoms with van der Waals surface area (Å²) in [4.78, 5) is 2.20. The predicted octanol–water partition coefficient (Wildman–Crippen LogP) is 5.80. The van der Waals surface area contributed by atoms with Gasteiger partial charge in [-0.25, -0.2) is 0 Å². The fourth-order valence-electron chi connectivity index (χ4n) is 3.17. The molecule has 0 saturated heterocycles. The number of hydrogen-bond acceptors (Lipinski definition) is 1. The van der Waals surface area contributed by atoms with Gasteiger partial charge in [-0.2, -0.15) is 0 Å². The van der Waals surface area contributed by atoms with Gasteiger partial charge in [-0.3, -0.25) is 0 Å². The van der Waals surface area contributed by atoms with E-state index in [2.05, 4.69) is 64.0 Å². The lowest BCUT2D eigenvalue weighted by Crippen LogP contribution is -2.21. The molecule has 0 bridgehead atoms. The van der Waals surface area contributed by atoms with Gasteiger partial charge in [0.2, 0.25) is 0 Å². The van der Waals surface area contributed by atoms with Crippen LogP contribution in [0.5, 0.6) is 0 Å². The topological polar surface area (TPSA) is 3.24 Å². The van der Waals surface area contributed by atoms with Gasteiger partial charge in [0, 0.05) is 27.0 Å². The third kappa shape index (κ3) is 5.58. The summed E-state index contributed by atoms with van der Waals surface area (Å²) in [5.74, 6) is 0. The van der Waals surface area contributed by atoms with E-state index in [0.29, 0.717) is 0 Å². The Morgan fingerprint density at radius 2 is 1.14 bits per heavy atom. The Morgan fingerprint density at radius 3 is 1.45 bits per heavy atom. The van der Waals surface area contributed by atoms with Crippen molar-refractivity contribution in [2.75, 3.05) is 37.5 Å². The molecule has 0 unspecified atom stereocenters. The lowest BCUT2D eigenvalue weighted by atomic mass is 10.3. The summed E-state index contributed by atoms with van der Waals surface area (Å²) >= 11 is 0. The molecule has 0 saturated carbocycles. The van der Waals surface area contributed by atoms with Gasteiger partial charge in [0.1, 0.15) is 0 Å². The van der Waals surface area contributed by atoms with Gasteiger partial charge in [-0.05, 0) is 43.5 Å². The van der Waals surface area contributed by atoms with Gasteiger partial charge >= 0.3 is 0 Å². The van der Waals surface area contributed by atoms with Crippen LogP contribution < -0.4 is 10.2 Å². The van der Waals surface area contributed by atoms with E-state index in [1.54, 1.807) is 5.30 Å². The molecule has 1 aromatic rings. The number of benzene rings is 1. The van der Waals surface area contributed by atoms with Crippen LogP contribution in [0.15, 0.2) is 24.3 Å². The Bertz CT molecular complexity index is 375. The van der Waals surface area contributed by atoms with E-state index in [1.807, 2.05) is 0 Å². The lowest BCUT2D eigenvalue weighted by molar-refractivity contribution is 0.841. The minimum atomic E-state index is -0.967. The van der Waals surface area contributed by atoms with Crippen LogP contribution in [-0.2, 0) is 0 Å². The molecule has 0 aliphatic heterocycles. The molecule has 0 aliphatic carbocycles. The van der Waals surface area contributed by atoms with E-state index < -0.39 is 7.26 Å². The van der Waals surface area contributed by atoms with Gasteiger partial charge in [0.05, 0.1) is 23.8 Å². The Morgan fingerprint density at radius 1 is 0.727 bits per heavy atom. The highest BCUT2D eigenvalue weighted by Crippen LogP contribution is 2.59. The van der Waals surface area contributed by atoms with E-state index in [0.717, 1.165) is 0 Å². The summed E-state index contributed by atoms with van der Waals surface area (Å²) in [6.07, 6.45) is 12.6. The first-order chi connectivity index (χ1) is 10.6. The number of rotatable bonds is 11. The largest absolute Gasteiger partial charge is 0.378 e. The molecule has 0 N–H and O–H groups in total. The third-order valence-electron chi connectivity index (χ3n) is 4.73. The van der Waals surface area contributed by atoms with E-state index in [1.165, 1.54) is 62.7 Å². The van der Waals surface area contributed by atoms with Crippen molar-refractivity contribution in [1.29, 1.82) is 0 Å². The van der Waals surface area contributed by atoms with Crippen molar-refractivity contribution in [2.24, 2.45) is 0 Å². The highest BCUT2D eigenvalue weighted by Gasteiger charge is 2.37. The summed E-state index contributed by atoms with van der Waals surface area (Å²) in [7, 11) is 3.29. The molecule has 1 rings (SSSR count). The maximum Gasteiger partial charge on any atom is 0.0940 e. The molecule has 0 heterocycles. The SMILES string of the molecule is CCCC[P+](CCCC)(CCCC)c1ccc(N(C)C)cc1. The zero-order valence-electron chi connectivity index (χ0n) is 15.6. The maximum atomic E-state index is 2.45.